The van der Waals surface area contributed by atoms with Gasteiger partial charge < -0.3 is 5.73 Å². The van der Waals surface area contributed by atoms with Gasteiger partial charge in [-0.25, -0.2) is 13.1 Å². The maximum Gasteiger partial charge on any atom is 0.416 e. The van der Waals surface area contributed by atoms with E-state index in [9.17, 15) is 21.6 Å². The van der Waals surface area contributed by atoms with Crippen LogP contribution in [0.3, 0.4) is 0 Å². The van der Waals surface area contributed by atoms with Crippen LogP contribution in [0, 0.1) is 12.8 Å². The van der Waals surface area contributed by atoms with Crippen molar-refractivity contribution >= 4 is 10.0 Å². The van der Waals surface area contributed by atoms with Crippen LogP contribution in [-0.2, 0) is 16.2 Å². The highest BCUT2D eigenvalue weighted by atomic mass is 32.2. The van der Waals surface area contributed by atoms with Crippen LogP contribution in [0.15, 0.2) is 23.1 Å². The molecule has 4 nitrogen and oxygen atoms in total. The van der Waals surface area contributed by atoms with Crippen LogP contribution in [0.4, 0.5) is 13.2 Å². The molecule has 0 fully saturated rings. The summed E-state index contributed by atoms with van der Waals surface area (Å²) in [5.41, 5.74) is 4.10. The molecule has 0 saturated carbocycles. The lowest BCUT2D eigenvalue weighted by Crippen LogP contribution is -2.32. The molecule has 0 heterocycles. The molecule has 1 rings (SSSR count). The number of nitrogens with one attached hydrogen (secondary N) is 1. The van der Waals surface area contributed by atoms with E-state index in [0.29, 0.717) is 0 Å². The molecule has 0 aliphatic carbocycles. The summed E-state index contributed by atoms with van der Waals surface area (Å²) in [7, 11) is -3.98. The molecule has 0 bridgehead atoms. The molecule has 0 amide bonds. The maximum atomic E-state index is 12.8. The molecule has 114 valence electrons. The smallest absolute Gasteiger partial charge is 0.330 e. The lowest BCUT2D eigenvalue weighted by atomic mass is 10.1. The Morgan fingerprint density at radius 1 is 1.35 bits per heavy atom. The van der Waals surface area contributed by atoms with Crippen molar-refractivity contribution in [2.45, 2.75) is 24.9 Å². The van der Waals surface area contributed by atoms with E-state index in [0.717, 1.165) is 25.1 Å². The van der Waals surface area contributed by atoms with Crippen molar-refractivity contribution < 1.29 is 21.6 Å². The van der Waals surface area contributed by atoms with E-state index in [-0.39, 0.29) is 29.5 Å². The van der Waals surface area contributed by atoms with Crippen molar-refractivity contribution in [2.75, 3.05) is 13.1 Å². The molecule has 0 aromatic heterocycles. The number of hydrogen-bond acceptors (Lipinski definition) is 3. The molecular weight excluding hydrogens is 293 g/mol. The zero-order chi connectivity index (χ0) is 15.6. The molecule has 1 aromatic carbocycles. The predicted molar refractivity (Wildman–Crippen MR) is 69.6 cm³/mol. The van der Waals surface area contributed by atoms with E-state index in [1.807, 2.05) is 0 Å². The zero-order valence-electron chi connectivity index (χ0n) is 11.2. The van der Waals surface area contributed by atoms with Gasteiger partial charge >= 0.3 is 6.18 Å². The van der Waals surface area contributed by atoms with Crippen LogP contribution in [0.25, 0.3) is 0 Å². The Labute approximate surface area is 116 Å². The number of hydrogen-bond donors (Lipinski definition) is 2. The molecule has 8 heteroatoms. The summed E-state index contributed by atoms with van der Waals surface area (Å²) in [5, 5.41) is 0. The molecule has 1 atom stereocenters. The van der Waals surface area contributed by atoms with E-state index >= 15 is 0 Å². The summed E-state index contributed by atoms with van der Waals surface area (Å²) >= 11 is 0. The number of rotatable bonds is 5. The van der Waals surface area contributed by atoms with Gasteiger partial charge in [-0.1, -0.05) is 13.0 Å². The Hall–Kier alpha value is -1.12. The Kier molecular flexibility index (Phi) is 5.17. The lowest BCUT2D eigenvalue weighted by molar-refractivity contribution is -0.138. The summed E-state index contributed by atoms with van der Waals surface area (Å²) in [6.45, 7) is 3.24. The molecule has 0 spiro atoms. The van der Waals surface area contributed by atoms with Gasteiger partial charge in [0.25, 0.3) is 0 Å². The van der Waals surface area contributed by atoms with Gasteiger partial charge in [-0.2, -0.15) is 13.2 Å². The van der Waals surface area contributed by atoms with Crippen LogP contribution < -0.4 is 10.5 Å². The van der Waals surface area contributed by atoms with Crippen LogP contribution in [0.2, 0.25) is 0 Å². The maximum absolute atomic E-state index is 12.8. The summed E-state index contributed by atoms with van der Waals surface area (Å²) < 4.78 is 64.6. The number of nitrogens with two attached hydrogens (primary N) is 1. The van der Waals surface area contributed by atoms with Gasteiger partial charge in [0.1, 0.15) is 0 Å². The summed E-state index contributed by atoms with van der Waals surface area (Å²) in [5.74, 6) is -0.101. The van der Waals surface area contributed by atoms with Gasteiger partial charge in [0.15, 0.2) is 0 Å². The van der Waals surface area contributed by atoms with E-state index in [1.54, 1.807) is 6.92 Å². The summed E-state index contributed by atoms with van der Waals surface area (Å²) in [6, 6.07) is 3.09. The van der Waals surface area contributed by atoms with Crippen molar-refractivity contribution in [2.24, 2.45) is 11.7 Å². The molecule has 0 saturated heterocycles. The van der Waals surface area contributed by atoms with Gasteiger partial charge in [-0.3, -0.25) is 0 Å². The van der Waals surface area contributed by atoms with Gasteiger partial charge in [0.05, 0.1) is 10.5 Å². The van der Waals surface area contributed by atoms with E-state index in [2.05, 4.69) is 4.72 Å². The molecule has 1 aromatic rings. The van der Waals surface area contributed by atoms with Crippen molar-refractivity contribution in [3.05, 3.63) is 29.3 Å². The second-order valence-electron chi connectivity index (χ2n) is 4.62. The number of sulfonamides is 1. The third kappa shape index (κ3) is 3.94. The Morgan fingerprint density at radius 3 is 2.45 bits per heavy atom. The third-order valence-electron chi connectivity index (χ3n) is 2.90. The number of halogens is 3. The van der Waals surface area contributed by atoms with E-state index in [1.165, 1.54) is 0 Å². The quantitative estimate of drug-likeness (QED) is 0.872. The average Bonchev–Trinajstić information content (AvgIpc) is 2.34. The summed E-state index contributed by atoms with van der Waals surface area (Å²) in [6.07, 6.45) is -4.58. The number of alkyl halides is 3. The minimum atomic E-state index is -4.58. The minimum Gasteiger partial charge on any atom is -0.330 e. The first-order chi connectivity index (χ1) is 9.09. The zero-order valence-corrected chi connectivity index (χ0v) is 12.0. The largest absolute Gasteiger partial charge is 0.416 e. The fourth-order valence-electron chi connectivity index (χ4n) is 1.63. The lowest BCUT2D eigenvalue weighted by Gasteiger charge is -2.15. The van der Waals surface area contributed by atoms with Crippen molar-refractivity contribution in [1.29, 1.82) is 0 Å². The van der Waals surface area contributed by atoms with Gasteiger partial charge in [-0.15, -0.1) is 0 Å². The van der Waals surface area contributed by atoms with Crippen LogP contribution >= 0.6 is 0 Å². The van der Waals surface area contributed by atoms with Gasteiger partial charge in [0.2, 0.25) is 10.0 Å². The van der Waals surface area contributed by atoms with Crippen molar-refractivity contribution in [3.63, 3.8) is 0 Å². The van der Waals surface area contributed by atoms with Gasteiger partial charge in [-0.05, 0) is 37.1 Å². The monoisotopic (exact) mass is 310 g/mol. The van der Waals surface area contributed by atoms with Gasteiger partial charge in [0, 0.05) is 6.54 Å². The van der Waals surface area contributed by atoms with Crippen LogP contribution in [0.1, 0.15) is 18.1 Å². The second-order valence-corrected chi connectivity index (χ2v) is 6.35. The third-order valence-corrected chi connectivity index (χ3v) is 4.47. The average molecular weight is 310 g/mol. The minimum absolute atomic E-state index is 0.0779. The highest BCUT2D eigenvalue weighted by Gasteiger charge is 2.34. The molecule has 0 aliphatic heterocycles. The fourth-order valence-corrected chi connectivity index (χ4v) is 3.06. The first-order valence-corrected chi connectivity index (χ1v) is 7.44. The highest BCUT2D eigenvalue weighted by Crippen LogP contribution is 2.34. The fraction of sp³-hybridized carbons (Fsp3) is 0.500. The first-order valence-electron chi connectivity index (χ1n) is 5.96. The SMILES string of the molecule is Cc1c(C(F)(F)F)cccc1S(=O)(=O)NCC(C)CN. The summed E-state index contributed by atoms with van der Waals surface area (Å²) in [4.78, 5) is -0.364. The van der Waals surface area contributed by atoms with E-state index in [4.69, 9.17) is 5.73 Å². The Balaban J connectivity index is 3.14. The normalized spacial score (nSPS) is 14.3. The van der Waals surface area contributed by atoms with Crippen LogP contribution in [-0.4, -0.2) is 21.5 Å². The Morgan fingerprint density at radius 2 is 1.95 bits per heavy atom. The van der Waals surface area contributed by atoms with Crippen molar-refractivity contribution in [3.8, 4) is 0 Å². The number of benzene rings is 1. The topological polar surface area (TPSA) is 72.2 Å². The Bertz CT molecular complexity index is 571. The molecular formula is C12H17F3N2O2S. The highest BCUT2D eigenvalue weighted by molar-refractivity contribution is 7.89. The molecule has 20 heavy (non-hydrogen) atoms. The molecule has 0 radical (unpaired) electrons. The molecule has 3 N–H and O–H groups in total. The first kappa shape index (κ1) is 16.9. The standard InChI is InChI=1S/C12H17F3N2O2S/c1-8(6-16)7-17-20(18,19)11-5-3-4-10(9(11)2)12(13,14)15/h3-5,8,17H,6-7,16H2,1-2H3. The van der Waals surface area contributed by atoms with Crippen LogP contribution in [0.5, 0.6) is 0 Å². The van der Waals surface area contributed by atoms with Crippen molar-refractivity contribution in [1.82, 2.24) is 4.72 Å². The predicted octanol–water partition coefficient (Wildman–Crippen LogP) is 1.89. The molecule has 1 unspecified atom stereocenters. The second kappa shape index (κ2) is 6.11. The van der Waals surface area contributed by atoms with E-state index < -0.39 is 21.8 Å². The molecule has 0 aliphatic rings.